The van der Waals surface area contributed by atoms with Crippen LogP contribution in [0.4, 0.5) is 4.79 Å². The summed E-state index contributed by atoms with van der Waals surface area (Å²) in [6, 6.07) is 16.8. The molecule has 1 aliphatic carbocycles. The van der Waals surface area contributed by atoms with Gasteiger partial charge in [0.2, 0.25) is 5.91 Å². The second-order valence-electron chi connectivity index (χ2n) is 9.33. The molecule has 1 saturated heterocycles. The molecule has 1 aliphatic heterocycles. The summed E-state index contributed by atoms with van der Waals surface area (Å²) < 4.78 is 5.71. The van der Waals surface area contributed by atoms with E-state index in [1.165, 1.54) is 22.3 Å². The highest BCUT2D eigenvalue weighted by Crippen LogP contribution is 2.39. The maximum Gasteiger partial charge on any atom is 0.411 e. The molecular formula is C25H30N2O3. The van der Waals surface area contributed by atoms with Crippen molar-refractivity contribution in [2.24, 2.45) is 0 Å². The highest BCUT2D eigenvalue weighted by molar-refractivity contribution is 5.84. The molecule has 5 heteroatoms. The third-order valence-corrected chi connectivity index (χ3v) is 6.05. The van der Waals surface area contributed by atoms with E-state index in [-0.39, 0.29) is 24.4 Å². The first-order valence-corrected chi connectivity index (χ1v) is 10.6. The molecule has 0 unspecified atom stereocenters. The number of carbonyl (C=O) groups is 2. The number of nitrogens with zero attached hydrogens (tertiary/aromatic N) is 2. The van der Waals surface area contributed by atoms with Crippen LogP contribution in [0.25, 0.3) is 0 Å². The van der Waals surface area contributed by atoms with E-state index in [9.17, 15) is 9.59 Å². The first-order valence-electron chi connectivity index (χ1n) is 10.6. The smallest absolute Gasteiger partial charge is 0.411 e. The summed E-state index contributed by atoms with van der Waals surface area (Å²) in [6.07, 6.45) is 1.52. The molecule has 2 aliphatic rings. The van der Waals surface area contributed by atoms with Crippen LogP contribution in [0.2, 0.25) is 0 Å². The molecular weight excluding hydrogens is 376 g/mol. The van der Waals surface area contributed by atoms with Gasteiger partial charge in [0.25, 0.3) is 0 Å². The van der Waals surface area contributed by atoms with Gasteiger partial charge in [-0.05, 0) is 55.9 Å². The van der Waals surface area contributed by atoms with Gasteiger partial charge in [0.05, 0.1) is 6.04 Å². The summed E-state index contributed by atoms with van der Waals surface area (Å²) in [5.41, 5.74) is 4.48. The lowest BCUT2D eigenvalue weighted by Crippen LogP contribution is -2.59. The molecule has 0 radical (unpaired) electrons. The molecule has 30 heavy (non-hydrogen) atoms. The Bertz CT molecular complexity index is 915. The Morgan fingerprint density at radius 2 is 1.50 bits per heavy atom. The molecule has 0 N–H and O–H groups in total. The van der Waals surface area contributed by atoms with Gasteiger partial charge in [-0.15, -0.1) is 0 Å². The number of hydrogen-bond acceptors (Lipinski definition) is 3. The Balaban J connectivity index is 1.83. The van der Waals surface area contributed by atoms with Crippen LogP contribution in [0.3, 0.4) is 0 Å². The van der Waals surface area contributed by atoms with E-state index in [0.29, 0.717) is 6.54 Å². The second kappa shape index (κ2) is 7.78. The molecule has 0 aromatic heterocycles. The van der Waals surface area contributed by atoms with Crippen molar-refractivity contribution >= 4 is 12.0 Å². The Kier molecular flexibility index (Phi) is 5.31. The number of piperazine rings is 1. The monoisotopic (exact) mass is 406 g/mol. The van der Waals surface area contributed by atoms with Crippen molar-refractivity contribution < 1.29 is 14.3 Å². The number of ether oxygens (including phenoxy) is 1. The average molecular weight is 407 g/mol. The highest BCUT2D eigenvalue weighted by Gasteiger charge is 2.42. The third-order valence-electron chi connectivity index (χ3n) is 6.05. The third kappa shape index (κ3) is 3.93. The second-order valence-corrected chi connectivity index (χ2v) is 9.33. The molecule has 0 spiro atoms. The molecule has 0 saturated carbocycles. The quantitative estimate of drug-likeness (QED) is 0.719. The maximum absolute atomic E-state index is 13.2. The number of amides is 2. The molecule has 1 atom stereocenters. The Labute approximate surface area is 178 Å². The van der Waals surface area contributed by atoms with Crippen molar-refractivity contribution in [3.05, 3.63) is 70.8 Å². The van der Waals surface area contributed by atoms with E-state index < -0.39 is 11.7 Å². The van der Waals surface area contributed by atoms with Gasteiger partial charge in [-0.1, -0.05) is 48.5 Å². The van der Waals surface area contributed by atoms with E-state index >= 15 is 0 Å². The number of fused-ring (bicyclic) bond motifs is 2. The van der Waals surface area contributed by atoms with Gasteiger partial charge in [-0.3, -0.25) is 9.69 Å². The van der Waals surface area contributed by atoms with Crippen LogP contribution in [0, 0.1) is 0 Å². The summed E-state index contributed by atoms with van der Waals surface area (Å²) in [7, 11) is 1.82. The minimum atomic E-state index is -0.618. The largest absolute Gasteiger partial charge is 0.444 e. The fraction of sp³-hybridized carbons (Fsp3) is 0.440. The molecule has 1 heterocycles. The molecule has 0 bridgehead atoms. The molecule has 2 aromatic carbocycles. The average Bonchev–Trinajstić information content (AvgIpc) is 2.85. The number of hydrogen-bond donors (Lipinski definition) is 0. The lowest BCUT2D eigenvalue weighted by molar-refractivity contribution is -0.136. The summed E-state index contributed by atoms with van der Waals surface area (Å²) in [4.78, 5) is 29.1. The zero-order valence-corrected chi connectivity index (χ0v) is 18.2. The van der Waals surface area contributed by atoms with Crippen LogP contribution in [-0.4, -0.2) is 53.6 Å². The van der Waals surface area contributed by atoms with Gasteiger partial charge in [-0.2, -0.15) is 0 Å². The maximum atomic E-state index is 13.2. The first-order chi connectivity index (χ1) is 14.2. The van der Waals surface area contributed by atoms with Gasteiger partial charge in [0, 0.05) is 19.5 Å². The van der Waals surface area contributed by atoms with E-state index in [0.717, 1.165) is 12.8 Å². The van der Waals surface area contributed by atoms with Crippen LogP contribution in [0.15, 0.2) is 48.5 Å². The van der Waals surface area contributed by atoms with Crippen LogP contribution in [0.5, 0.6) is 0 Å². The number of benzene rings is 2. The fourth-order valence-corrected chi connectivity index (χ4v) is 4.65. The summed E-state index contributed by atoms with van der Waals surface area (Å²) in [5, 5.41) is 0. The SMILES string of the molecule is CN1C[C@H](C2c3ccccc3CCc3ccccc32)N(C(=O)OC(C)(C)C)CC1=O. The van der Waals surface area contributed by atoms with Gasteiger partial charge < -0.3 is 9.64 Å². The van der Waals surface area contributed by atoms with Gasteiger partial charge in [-0.25, -0.2) is 4.79 Å². The minimum Gasteiger partial charge on any atom is -0.444 e. The van der Waals surface area contributed by atoms with E-state index in [2.05, 4.69) is 48.5 Å². The van der Waals surface area contributed by atoms with Crippen molar-refractivity contribution in [3.63, 3.8) is 0 Å². The topological polar surface area (TPSA) is 49.9 Å². The standard InChI is InChI=1S/C25H30N2O3/c1-25(2,3)30-24(29)27-16-22(28)26(4)15-21(27)23-19-11-7-5-9-17(19)13-14-18-10-6-8-12-20(18)23/h5-12,21,23H,13-16H2,1-4H3/t21-/m1/s1. The van der Waals surface area contributed by atoms with Crippen molar-refractivity contribution in [1.29, 1.82) is 0 Å². The lowest BCUT2D eigenvalue weighted by Gasteiger charge is -2.44. The van der Waals surface area contributed by atoms with E-state index in [1.54, 1.807) is 9.80 Å². The Hall–Kier alpha value is -2.82. The Morgan fingerprint density at radius 3 is 2.03 bits per heavy atom. The summed E-state index contributed by atoms with van der Waals surface area (Å²) in [5.74, 6) is -0.0738. The molecule has 4 rings (SSSR count). The van der Waals surface area contributed by atoms with Crippen molar-refractivity contribution in [2.75, 3.05) is 20.1 Å². The number of likely N-dealkylation sites (N-methyl/N-ethyl adjacent to an activating group) is 1. The van der Waals surface area contributed by atoms with Crippen molar-refractivity contribution in [2.45, 2.75) is 51.2 Å². The molecule has 5 nitrogen and oxygen atoms in total. The highest BCUT2D eigenvalue weighted by atomic mass is 16.6. The zero-order chi connectivity index (χ0) is 21.5. The summed E-state index contributed by atoms with van der Waals surface area (Å²) in [6.45, 7) is 6.08. The zero-order valence-electron chi connectivity index (χ0n) is 18.2. The fourth-order valence-electron chi connectivity index (χ4n) is 4.65. The van der Waals surface area contributed by atoms with Gasteiger partial charge in [0.15, 0.2) is 0 Å². The van der Waals surface area contributed by atoms with Gasteiger partial charge >= 0.3 is 6.09 Å². The Morgan fingerprint density at radius 1 is 0.967 bits per heavy atom. The van der Waals surface area contributed by atoms with Crippen LogP contribution < -0.4 is 0 Å². The predicted octanol–water partition coefficient (Wildman–Crippen LogP) is 3.99. The van der Waals surface area contributed by atoms with E-state index in [4.69, 9.17) is 4.74 Å². The number of carbonyl (C=O) groups excluding carboxylic acids is 2. The lowest BCUT2D eigenvalue weighted by atomic mass is 9.81. The van der Waals surface area contributed by atoms with E-state index in [1.807, 2.05) is 27.8 Å². The van der Waals surface area contributed by atoms with Gasteiger partial charge in [0.1, 0.15) is 12.1 Å². The minimum absolute atomic E-state index is 0.0111. The molecule has 1 fully saturated rings. The molecule has 2 aromatic rings. The predicted molar refractivity (Wildman–Crippen MR) is 117 cm³/mol. The van der Waals surface area contributed by atoms with Crippen molar-refractivity contribution in [1.82, 2.24) is 9.80 Å². The number of rotatable bonds is 1. The summed E-state index contributed by atoms with van der Waals surface area (Å²) >= 11 is 0. The first kappa shape index (κ1) is 20.5. The number of aryl methyl sites for hydroxylation is 2. The van der Waals surface area contributed by atoms with Crippen LogP contribution in [-0.2, 0) is 22.4 Å². The van der Waals surface area contributed by atoms with Crippen LogP contribution >= 0.6 is 0 Å². The van der Waals surface area contributed by atoms with Crippen LogP contribution in [0.1, 0.15) is 48.9 Å². The molecule has 2 amide bonds. The molecule has 158 valence electrons. The van der Waals surface area contributed by atoms with Crippen molar-refractivity contribution in [3.8, 4) is 0 Å². The normalized spacial score (nSPS) is 19.7.